The highest BCUT2D eigenvalue weighted by Gasteiger charge is 2.46. The maximum Gasteiger partial charge on any atom is 0.295 e. The third kappa shape index (κ3) is 5.71. The highest BCUT2D eigenvalue weighted by atomic mass is 35.5. The van der Waals surface area contributed by atoms with Gasteiger partial charge in [0, 0.05) is 18.7 Å². The van der Waals surface area contributed by atoms with E-state index >= 15 is 0 Å². The van der Waals surface area contributed by atoms with Gasteiger partial charge in [-0.2, -0.15) is 0 Å². The lowest BCUT2D eigenvalue weighted by Crippen LogP contribution is -2.38. The summed E-state index contributed by atoms with van der Waals surface area (Å²) in [6, 6.07) is 12.1. The predicted molar refractivity (Wildman–Crippen MR) is 140 cm³/mol. The standard InChI is InChI=1S/C28H35ClN2O4/c1-6-30(7-2)15-16-31-25(20-11-9-19(10-12-20)18(4)5)24(27(33)28(31)34)26(32)21-13-14-23(35-8-3)22(29)17-21/h9-14,17-18,25,32H,6-8,15-16H2,1-5H3/b26-24-. The van der Waals surface area contributed by atoms with Gasteiger partial charge in [-0.25, -0.2) is 0 Å². The van der Waals surface area contributed by atoms with E-state index < -0.39 is 17.7 Å². The number of carbonyl (C=O) groups excluding carboxylic acids is 2. The average Bonchev–Trinajstić information content (AvgIpc) is 3.10. The second-order valence-corrected chi connectivity index (χ2v) is 9.33. The maximum atomic E-state index is 13.2. The van der Waals surface area contributed by atoms with Crippen LogP contribution in [0.5, 0.6) is 5.75 Å². The van der Waals surface area contributed by atoms with Crippen molar-refractivity contribution in [1.29, 1.82) is 0 Å². The fraction of sp³-hybridized carbons (Fsp3) is 0.429. The van der Waals surface area contributed by atoms with E-state index in [0.717, 1.165) is 24.2 Å². The topological polar surface area (TPSA) is 70.1 Å². The summed E-state index contributed by atoms with van der Waals surface area (Å²) < 4.78 is 5.48. The van der Waals surface area contributed by atoms with Crippen molar-refractivity contribution in [3.05, 3.63) is 69.8 Å². The van der Waals surface area contributed by atoms with Crippen LogP contribution in [-0.4, -0.2) is 59.4 Å². The third-order valence-electron chi connectivity index (χ3n) is 6.52. The maximum absolute atomic E-state index is 13.2. The molecule has 0 spiro atoms. The summed E-state index contributed by atoms with van der Waals surface area (Å²) in [6.07, 6.45) is 0. The minimum atomic E-state index is -0.690. The molecule has 6 nitrogen and oxygen atoms in total. The molecule has 0 aromatic heterocycles. The number of amides is 1. The van der Waals surface area contributed by atoms with Gasteiger partial charge in [-0.05, 0) is 55.3 Å². The lowest BCUT2D eigenvalue weighted by Gasteiger charge is -2.28. The van der Waals surface area contributed by atoms with Gasteiger partial charge in [0.15, 0.2) is 0 Å². The Labute approximate surface area is 213 Å². The zero-order chi connectivity index (χ0) is 25.7. The Morgan fingerprint density at radius 3 is 2.29 bits per heavy atom. The molecule has 1 fully saturated rings. The zero-order valence-corrected chi connectivity index (χ0v) is 21.9. The lowest BCUT2D eigenvalue weighted by atomic mass is 9.93. The van der Waals surface area contributed by atoms with E-state index in [1.807, 2.05) is 31.2 Å². The van der Waals surface area contributed by atoms with Crippen molar-refractivity contribution in [3.8, 4) is 5.75 Å². The zero-order valence-electron chi connectivity index (χ0n) is 21.2. The van der Waals surface area contributed by atoms with Gasteiger partial charge < -0.3 is 19.6 Å². The molecule has 0 bridgehead atoms. The van der Waals surface area contributed by atoms with Crippen molar-refractivity contribution in [1.82, 2.24) is 9.80 Å². The number of ketones is 1. The van der Waals surface area contributed by atoms with E-state index in [4.69, 9.17) is 16.3 Å². The first-order valence-electron chi connectivity index (χ1n) is 12.3. The smallest absolute Gasteiger partial charge is 0.295 e. The number of likely N-dealkylation sites (tertiary alicyclic amines) is 1. The highest BCUT2D eigenvalue weighted by Crippen LogP contribution is 2.40. The molecule has 188 valence electrons. The summed E-state index contributed by atoms with van der Waals surface area (Å²) >= 11 is 6.34. The average molecular weight is 499 g/mol. The van der Waals surface area contributed by atoms with Gasteiger partial charge in [0.2, 0.25) is 0 Å². The first kappa shape index (κ1) is 26.8. The molecule has 7 heteroatoms. The van der Waals surface area contributed by atoms with Crippen LogP contribution in [0.2, 0.25) is 5.02 Å². The number of aliphatic hydroxyl groups is 1. The summed E-state index contributed by atoms with van der Waals surface area (Å²) in [4.78, 5) is 30.2. The van der Waals surface area contributed by atoms with Crippen LogP contribution in [0.25, 0.3) is 5.76 Å². The minimum Gasteiger partial charge on any atom is -0.507 e. The number of ether oxygens (including phenoxy) is 1. The van der Waals surface area contributed by atoms with Gasteiger partial charge >= 0.3 is 0 Å². The molecule has 0 radical (unpaired) electrons. The van der Waals surface area contributed by atoms with Crippen LogP contribution >= 0.6 is 11.6 Å². The van der Waals surface area contributed by atoms with Crippen LogP contribution in [0.15, 0.2) is 48.0 Å². The summed E-state index contributed by atoms with van der Waals surface area (Å²) in [5.74, 6) is -0.689. The largest absolute Gasteiger partial charge is 0.507 e. The normalized spacial score (nSPS) is 17.6. The van der Waals surface area contributed by atoms with Crippen LogP contribution in [0.1, 0.15) is 63.3 Å². The Morgan fingerprint density at radius 2 is 1.74 bits per heavy atom. The molecular formula is C28H35ClN2O4. The first-order valence-corrected chi connectivity index (χ1v) is 12.6. The van der Waals surface area contributed by atoms with Crippen LogP contribution in [0.4, 0.5) is 0 Å². The summed E-state index contributed by atoms with van der Waals surface area (Å²) in [5, 5.41) is 11.6. The van der Waals surface area contributed by atoms with Crippen molar-refractivity contribution in [2.75, 3.05) is 32.8 Å². The third-order valence-corrected chi connectivity index (χ3v) is 6.81. The van der Waals surface area contributed by atoms with E-state index in [9.17, 15) is 14.7 Å². The summed E-state index contributed by atoms with van der Waals surface area (Å²) in [5.41, 5.74) is 2.38. The molecule has 2 aromatic rings. The van der Waals surface area contributed by atoms with Gasteiger partial charge in [0.05, 0.1) is 23.2 Å². The van der Waals surface area contributed by atoms with Crippen molar-refractivity contribution >= 4 is 29.1 Å². The van der Waals surface area contributed by atoms with Gasteiger partial charge in [-0.1, -0.05) is 63.6 Å². The molecule has 1 N–H and O–H groups in total. The molecule has 2 aromatic carbocycles. The number of rotatable bonds is 10. The molecular weight excluding hydrogens is 464 g/mol. The van der Waals surface area contributed by atoms with Crippen LogP contribution in [0, 0.1) is 0 Å². The molecule has 0 saturated carbocycles. The van der Waals surface area contributed by atoms with Gasteiger partial charge in [-0.3, -0.25) is 9.59 Å². The van der Waals surface area contributed by atoms with E-state index in [2.05, 4.69) is 32.6 Å². The van der Waals surface area contributed by atoms with Crippen molar-refractivity contribution in [2.45, 2.75) is 46.6 Å². The fourth-order valence-electron chi connectivity index (χ4n) is 4.39. The lowest BCUT2D eigenvalue weighted by molar-refractivity contribution is -0.140. The van der Waals surface area contributed by atoms with Crippen LogP contribution in [-0.2, 0) is 9.59 Å². The van der Waals surface area contributed by atoms with E-state index in [1.54, 1.807) is 23.1 Å². The van der Waals surface area contributed by atoms with Crippen molar-refractivity contribution in [2.24, 2.45) is 0 Å². The highest BCUT2D eigenvalue weighted by molar-refractivity contribution is 6.46. The van der Waals surface area contributed by atoms with E-state index in [-0.39, 0.29) is 11.3 Å². The number of aliphatic hydroxyl groups excluding tert-OH is 1. The number of Topliss-reactive ketones (excluding diaryl/α,β-unsaturated/α-hetero) is 1. The Kier molecular flexibility index (Phi) is 8.98. The Balaban J connectivity index is 2.10. The monoisotopic (exact) mass is 498 g/mol. The van der Waals surface area contributed by atoms with Gasteiger partial charge in [0.25, 0.3) is 11.7 Å². The summed E-state index contributed by atoms with van der Waals surface area (Å²) in [7, 11) is 0. The molecule has 1 saturated heterocycles. The number of hydrogen-bond donors (Lipinski definition) is 1. The number of hydrogen-bond acceptors (Lipinski definition) is 5. The molecule has 1 aliphatic heterocycles. The molecule has 35 heavy (non-hydrogen) atoms. The Hall–Kier alpha value is -2.83. The predicted octanol–water partition coefficient (Wildman–Crippen LogP) is 5.63. The number of nitrogens with zero attached hydrogens (tertiary/aromatic N) is 2. The number of halogens is 1. The number of carbonyl (C=O) groups is 2. The summed E-state index contributed by atoms with van der Waals surface area (Å²) in [6.45, 7) is 13.4. The SMILES string of the molecule is CCOc1ccc(/C(O)=C2/C(=O)C(=O)N(CCN(CC)CC)C2c2ccc(C(C)C)cc2)cc1Cl. The molecule has 1 atom stereocenters. The Bertz CT molecular complexity index is 1090. The van der Waals surface area contributed by atoms with Crippen molar-refractivity contribution < 1.29 is 19.4 Å². The molecule has 0 aliphatic carbocycles. The number of likely N-dealkylation sites (N-methyl/N-ethyl adjacent to an activating group) is 1. The molecule has 1 aliphatic rings. The van der Waals surface area contributed by atoms with E-state index in [1.165, 1.54) is 0 Å². The van der Waals surface area contributed by atoms with Crippen LogP contribution < -0.4 is 4.74 Å². The van der Waals surface area contributed by atoms with Gasteiger partial charge in [0.1, 0.15) is 11.5 Å². The van der Waals surface area contributed by atoms with Crippen molar-refractivity contribution in [3.63, 3.8) is 0 Å². The second kappa shape index (κ2) is 11.7. The number of benzene rings is 2. The first-order chi connectivity index (χ1) is 16.7. The molecule has 3 rings (SSSR count). The second-order valence-electron chi connectivity index (χ2n) is 8.92. The quantitative estimate of drug-likeness (QED) is 0.261. The molecule has 1 unspecified atom stereocenters. The minimum absolute atomic E-state index is 0.0760. The van der Waals surface area contributed by atoms with E-state index in [0.29, 0.717) is 41.9 Å². The van der Waals surface area contributed by atoms with Gasteiger partial charge in [-0.15, -0.1) is 0 Å². The fourth-order valence-corrected chi connectivity index (χ4v) is 4.62. The molecule has 1 amide bonds. The molecule has 1 heterocycles. The Morgan fingerprint density at radius 1 is 1.09 bits per heavy atom. The van der Waals surface area contributed by atoms with Crippen LogP contribution in [0.3, 0.4) is 0 Å².